The van der Waals surface area contributed by atoms with Crippen molar-refractivity contribution in [2.75, 3.05) is 16.8 Å². The molecule has 0 atom stereocenters. The predicted molar refractivity (Wildman–Crippen MR) is 89.6 cm³/mol. The Morgan fingerprint density at radius 3 is 2.75 bits per heavy atom. The molecule has 0 spiro atoms. The van der Waals surface area contributed by atoms with Gasteiger partial charge in [-0.25, -0.2) is 0 Å². The molecule has 0 unspecified atom stereocenters. The quantitative estimate of drug-likeness (QED) is 0.796. The summed E-state index contributed by atoms with van der Waals surface area (Å²) in [6, 6.07) is 10.9. The van der Waals surface area contributed by atoms with Gasteiger partial charge in [-0.1, -0.05) is 23.4 Å². The number of carbonyl (C=O) groups is 2. The fraction of sp³-hybridized carbons (Fsp3) is 0.176. The predicted octanol–water partition coefficient (Wildman–Crippen LogP) is 2.52. The minimum absolute atomic E-state index is 0.162. The normalized spacial score (nSPS) is 10.6. The molecule has 2 amide bonds. The van der Waals surface area contributed by atoms with E-state index in [2.05, 4.69) is 15.5 Å². The lowest BCUT2D eigenvalue weighted by atomic mass is 10.2. The van der Waals surface area contributed by atoms with E-state index in [1.54, 1.807) is 25.3 Å². The molecule has 1 N–H and O–H groups in total. The lowest BCUT2D eigenvalue weighted by Gasteiger charge is -2.17. The van der Waals surface area contributed by atoms with E-state index in [0.717, 1.165) is 5.39 Å². The van der Waals surface area contributed by atoms with E-state index < -0.39 is 0 Å². The van der Waals surface area contributed by atoms with Crippen LogP contribution in [0.25, 0.3) is 10.9 Å². The van der Waals surface area contributed by atoms with Gasteiger partial charge in [0, 0.05) is 24.6 Å². The zero-order valence-corrected chi connectivity index (χ0v) is 13.3. The number of para-hydroxylation sites is 1. The summed E-state index contributed by atoms with van der Waals surface area (Å²) in [5, 5.41) is 7.50. The van der Waals surface area contributed by atoms with E-state index in [4.69, 9.17) is 4.52 Å². The van der Waals surface area contributed by atoms with Crippen LogP contribution in [0.5, 0.6) is 0 Å². The van der Waals surface area contributed by atoms with Gasteiger partial charge >= 0.3 is 0 Å². The average Bonchev–Trinajstić information content (AvgIpc) is 2.99. The zero-order chi connectivity index (χ0) is 17.1. The second kappa shape index (κ2) is 6.49. The van der Waals surface area contributed by atoms with Gasteiger partial charge in [0.15, 0.2) is 5.82 Å². The summed E-state index contributed by atoms with van der Waals surface area (Å²) >= 11 is 0. The van der Waals surface area contributed by atoms with E-state index in [-0.39, 0.29) is 18.4 Å². The van der Waals surface area contributed by atoms with Gasteiger partial charge in [0.25, 0.3) is 0 Å². The number of fused-ring (bicyclic) bond motifs is 1. The van der Waals surface area contributed by atoms with Gasteiger partial charge in [-0.15, -0.1) is 0 Å². The summed E-state index contributed by atoms with van der Waals surface area (Å²) in [5.41, 5.74) is 1.29. The molecule has 0 saturated carbocycles. The number of nitrogens with zero attached hydrogens (tertiary/aromatic N) is 3. The molecule has 0 radical (unpaired) electrons. The molecule has 3 aromatic rings. The Bertz CT molecular complexity index is 898. The van der Waals surface area contributed by atoms with Crippen molar-refractivity contribution in [3.63, 3.8) is 0 Å². The standard InChI is InChI=1S/C17H16N4O3/c1-11-9-15(20-24-11)21(12(2)22)10-16(23)19-14-7-3-5-13-6-4-8-18-17(13)14/h3-9H,10H2,1-2H3,(H,19,23). The fourth-order valence-corrected chi connectivity index (χ4v) is 2.37. The first-order valence-electron chi connectivity index (χ1n) is 7.39. The molecule has 2 heterocycles. The molecule has 3 rings (SSSR count). The summed E-state index contributed by atoms with van der Waals surface area (Å²) in [6.07, 6.45) is 1.66. The molecule has 122 valence electrons. The fourth-order valence-electron chi connectivity index (χ4n) is 2.37. The molecule has 7 nitrogen and oxygen atoms in total. The van der Waals surface area contributed by atoms with Crippen LogP contribution in [0.1, 0.15) is 12.7 Å². The van der Waals surface area contributed by atoms with Gasteiger partial charge in [0.1, 0.15) is 12.3 Å². The van der Waals surface area contributed by atoms with Crippen LogP contribution in [0, 0.1) is 6.92 Å². The van der Waals surface area contributed by atoms with Gasteiger partial charge in [-0.05, 0) is 19.1 Å². The highest BCUT2D eigenvalue weighted by Crippen LogP contribution is 2.21. The van der Waals surface area contributed by atoms with E-state index in [9.17, 15) is 9.59 Å². The second-order valence-electron chi connectivity index (χ2n) is 5.33. The minimum atomic E-state index is -0.344. The van der Waals surface area contributed by atoms with Gasteiger partial charge in [0.2, 0.25) is 11.8 Å². The minimum Gasteiger partial charge on any atom is -0.360 e. The van der Waals surface area contributed by atoms with Crippen molar-refractivity contribution in [1.82, 2.24) is 10.1 Å². The Morgan fingerprint density at radius 1 is 1.25 bits per heavy atom. The zero-order valence-electron chi connectivity index (χ0n) is 13.3. The number of carbonyl (C=O) groups excluding carboxylic acids is 2. The number of aromatic nitrogens is 2. The first kappa shape index (κ1) is 15.7. The maximum Gasteiger partial charge on any atom is 0.244 e. The molecule has 0 bridgehead atoms. The number of nitrogens with one attached hydrogen (secondary N) is 1. The third kappa shape index (κ3) is 3.24. The van der Waals surface area contributed by atoms with Gasteiger partial charge in [-0.3, -0.25) is 19.5 Å². The van der Waals surface area contributed by atoms with Crippen LogP contribution >= 0.6 is 0 Å². The van der Waals surface area contributed by atoms with E-state index in [0.29, 0.717) is 22.8 Å². The highest BCUT2D eigenvalue weighted by Gasteiger charge is 2.19. The van der Waals surface area contributed by atoms with Crippen LogP contribution in [0.4, 0.5) is 11.5 Å². The van der Waals surface area contributed by atoms with E-state index in [1.807, 2.05) is 24.3 Å². The summed E-state index contributed by atoms with van der Waals surface area (Å²) in [5.74, 6) is 0.236. The third-order valence-corrected chi connectivity index (χ3v) is 3.48. The molecule has 0 aliphatic heterocycles. The molecule has 0 aliphatic carbocycles. The average molecular weight is 324 g/mol. The molecule has 0 fully saturated rings. The van der Waals surface area contributed by atoms with Crippen molar-refractivity contribution in [3.8, 4) is 0 Å². The SMILES string of the molecule is CC(=O)N(CC(=O)Nc1cccc2cccnc12)c1cc(C)on1. The molecule has 0 saturated heterocycles. The van der Waals surface area contributed by atoms with E-state index in [1.165, 1.54) is 11.8 Å². The molecule has 24 heavy (non-hydrogen) atoms. The van der Waals surface area contributed by atoms with Crippen molar-refractivity contribution in [2.45, 2.75) is 13.8 Å². The van der Waals surface area contributed by atoms with Crippen LogP contribution in [0.15, 0.2) is 47.1 Å². The summed E-state index contributed by atoms with van der Waals surface area (Å²) in [7, 11) is 0. The molecular formula is C17H16N4O3. The van der Waals surface area contributed by atoms with Crippen molar-refractivity contribution in [1.29, 1.82) is 0 Å². The van der Waals surface area contributed by atoms with Crippen LogP contribution < -0.4 is 10.2 Å². The number of aryl methyl sites for hydroxylation is 1. The molecule has 1 aromatic carbocycles. The Hall–Kier alpha value is -3.22. The summed E-state index contributed by atoms with van der Waals surface area (Å²) in [4.78, 5) is 29.7. The molecule has 0 aliphatic rings. The number of anilines is 2. The first-order valence-corrected chi connectivity index (χ1v) is 7.39. The van der Waals surface area contributed by atoms with Gasteiger partial charge in [-0.2, -0.15) is 0 Å². The third-order valence-electron chi connectivity index (χ3n) is 3.48. The lowest BCUT2D eigenvalue weighted by molar-refractivity contribution is -0.120. The van der Waals surface area contributed by atoms with Crippen molar-refractivity contribution in [3.05, 3.63) is 48.4 Å². The number of rotatable bonds is 4. The molecular weight excluding hydrogens is 308 g/mol. The Balaban J connectivity index is 1.80. The van der Waals surface area contributed by atoms with Crippen molar-refractivity contribution in [2.24, 2.45) is 0 Å². The molecule has 2 aromatic heterocycles. The number of pyridine rings is 1. The largest absolute Gasteiger partial charge is 0.360 e. The summed E-state index contributed by atoms with van der Waals surface area (Å²) in [6.45, 7) is 2.93. The smallest absolute Gasteiger partial charge is 0.244 e. The van der Waals surface area contributed by atoms with Crippen molar-refractivity contribution >= 4 is 34.2 Å². The van der Waals surface area contributed by atoms with Crippen LogP contribution in [-0.2, 0) is 9.59 Å². The lowest BCUT2D eigenvalue weighted by Crippen LogP contribution is -2.36. The van der Waals surface area contributed by atoms with Gasteiger partial charge < -0.3 is 9.84 Å². The number of hydrogen-bond donors (Lipinski definition) is 1. The highest BCUT2D eigenvalue weighted by molar-refractivity contribution is 6.04. The Labute approximate surface area is 138 Å². The monoisotopic (exact) mass is 324 g/mol. The van der Waals surface area contributed by atoms with Crippen LogP contribution in [0.3, 0.4) is 0 Å². The number of amides is 2. The maximum absolute atomic E-state index is 12.4. The second-order valence-corrected chi connectivity index (χ2v) is 5.33. The first-order chi connectivity index (χ1) is 11.5. The van der Waals surface area contributed by atoms with Gasteiger partial charge in [0.05, 0.1) is 11.2 Å². The summed E-state index contributed by atoms with van der Waals surface area (Å²) < 4.78 is 4.97. The van der Waals surface area contributed by atoms with Crippen LogP contribution in [-0.4, -0.2) is 28.5 Å². The number of hydrogen-bond acceptors (Lipinski definition) is 5. The van der Waals surface area contributed by atoms with Crippen LogP contribution in [0.2, 0.25) is 0 Å². The topological polar surface area (TPSA) is 88.3 Å². The van der Waals surface area contributed by atoms with E-state index >= 15 is 0 Å². The van der Waals surface area contributed by atoms with Crippen molar-refractivity contribution < 1.29 is 14.1 Å². The number of benzene rings is 1. The Kier molecular flexibility index (Phi) is 4.24. The highest BCUT2D eigenvalue weighted by atomic mass is 16.5. The Morgan fingerprint density at radius 2 is 2.04 bits per heavy atom. The maximum atomic E-state index is 12.4. The molecule has 7 heteroatoms.